The van der Waals surface area contributed by atoms with Crippen molar-refractivity contribution in [1.29, 1.82) is 0 Å². The maximum Gasteiger partial charge on any atom is 0.0412 e. The average molecular weight is 180 g/mol. The largest absolute Gasteiger partial charge is 0.0905 e. The van der Waals surface area contributed by atoms with Gasteiger partial charge in [-0.25, -0.2) is 0 Å². The minimum absolute atomic E-state index is 0.492. The third kappa shape index (κ3) is 1.89. The van der Waals surface area contributed by atoms with Crippen molar-refractivity contribution in [2.75, 3.05) is 0 Å². The van der Waals surface area contributed by atoms with Crippen LogP contribution in [0.1, 0.15) is 30.9 Å². The average Bonchev–Trinajstić information content (AvgIpc) is 2.03. The van der Waals surface area contributed by atoms with Gasteiger partial charge in [0.05, 0.1) is 0 Å². The minimum Gasteiger partial charge on any atom is -0.0905 e. The van der Waals surface area contributed by atoms with Gasteiger partial charge in [-0.1, -0.05) is 38.1 Å². The second-order valence-electron chi connectivity index (χ2n) is 3.06. The van der Waals surface area contributed by atoms with Crippen molar-refractivity contribution < 1.29 is 0 Å². The van der Waals surface area contributed by atoms with Crippen LogP contribution in [0.5, 0.6) is 0 Å². The predicted octanol–water partition coefficient (Wildman–Crippen LogP) is 3.80. The first-order valence-electron chi connectivity index (χ1n) is 3.97. The Morgan fingerprint density at radius 1 is 1.42 bits per heavy atom. The molecule has 0 saturated carbocycles. The van der Waals surface area contributed by atoms with E-state index in [2.05, 4.69) is 26.5 Å². The molecule has 63 valence electrons. The molecule has 0 bridgehead atoms. The smallest absolute Gasteiger partial charge is 0.0412 e. The van der Waals surface area contributed by atoms with Crippen LogP contribution in [0.2, 0.25) is 5.02 Å². The van der Waals surface area contributed by atoms with E-state index in [1.54, 1.807) is 0 Å². The number of halogens is 1. The molecule has 1 aromatic rings. The number of hydrogen-bond acceptors (Lipinski definition) is 0. The van der Waals surface area contributed by atoms with Crippen LogP contribution < -0.4 is 0 Å². The van der Waals surface area contributed by atoms with Crippen LogP contribution in [0.3, 0.4) is 0 Å². The molecule has 0 aliphatic heterocycles. The maximum atomic E-state index is 5.83. The molecule has 0 aliphatic rings. The van der Waals surface area contributed by atoms with E-state index in [9.17, 15) is 0 Å². The van der Waals surface area contributed by atoms with Crippen molar-refractivity contribution >= 4 is 11.6 Å². The number of benzene rings is 1. The van der Waals surface area contributed by atoms with E-state index in [4.69, 9.17) is 11.6 Å². The summed E-state index contributed by atoms with van der Waals surface area (Å²) in [6.07, 6.45) is 2.88. The lowest BCUT2D eigenvalue weighted by atomic mass is 9.97. The molecule has 0 aliphatic carbocycles. The molecule has 12 heavy (non-hydrogen) atoms. The summed E-state index contributed by atoms with van der Waals surface area (Å²) in [6, 6.07) is 5.82. The summed E-state index contributed by atoms with van der Waals surface area (Å²) in [7, 11) is 0. The van der Waals surface area contributed by atoms with Crippen LogP contribution in [0.4, 0.5) is 0 Å². The second-order valence-corrected chi connectivity index (χ2v) is 3.50. The van der Waals surface area contributed by atoms with Gasteiger partial charge in [-0.2, -0.15) is 0 Å². The molecule has 1 heteroatoms. The van der Waals surface area contributed by atoms with Crippen molar-refractivity contribution in [3.63, 3.8) is 0 Å². The van der Waals surface area contributed by atoms with Gasteiger partial charge in [-0.15, -0.1) is 0 Å². The fraction of sp³-hybridized carbons (Fsp3) is 0.273. The van der Waals surface area contributed by atoms with Crippen LogP contribution in [0.15, 0.2) is 24.8 Å². The Bertz CT molecular complexity index is 287. The summed E-state index contributed by atoms with van der Waals surface area (Å²) >= 11 is 5.83. The second kappa shape index (κ2) is 3.77. The van der Waals surface area contributed by atoms with Gasteiger partial charge < -0.3 is 0 Å². The highest BCUT2D eigenvalue weighted by molar-refractivity contribution is 6.30. The van der Waals surface area contributed by atoms with Crippen LogP contribution >= 0.6 is 11.6 Å². The van der Waals surface area contributed by atoms with Gasteiger partial charge in [0.15, 0.2) is 0 Å². The molecular formula is C11H12Cl. The molecule has 1 rings (SSSR count). The first-order chi connectivity index (χ1) is 5.65. The fourth-order valence-corrected chi connectivity index (χ4v) is 1.36. The summed E-state index contributed by atoms with van der Waals surface area (Å²) in [5.41, 5.74) is 2.26. The van der Waals surface area contributed by atoms with Gasteiger partial charge >= 0.3 is 0 Å². The molecular weight excluding hydrogens is 168 g/mol. The summed E-state index contributed by atoms with van der Waals surface area (Å²) < 4.78 is 0. The zero-order valence-electron chi connectivity index (χ0n) is 7.39. The highest BCUT2D eigenvalue weighted by Gasteiger charge is 2.03. The Labute approximate surface area is 78.9 Å². The number of rotatable bonds is 2. The van der Waals surface area contributed by atoms with E-state index in [-0.39, 0.29) is 0 Å². The molecule has 0 heterocycles. The van der Waals surface area contributed by atoms with E-state index in [0.717, 1.165) is 10.6 Å². The zero-order valence-corrected chi connectivity index (χ0v) is 8.15. The molecule has 1 aromatic carbocycles. The topological polar surface area (TPSA) is 0 Å². The highest BCUT2D eigenvalue weighted by Crippen LogP contribution is 2.22. The lowest BCUT2D eigenvalue weighted by Gasteiger charge is -2.08. The van der Waals surface area contributed by atoms with E-state index in [1.165, 1.54) is 5.56 Å². The van der Waals surface area contributed by atoms with Gasteiger partial charge in [0, 0.05) is 5.02 Å². The Kier molecular flexibility index (Phi) is 2.93. The minimum atomic E-state index is 0.492. The molecule has 0 amide bonds. The molecule has 0 unspecified atom stereocenters. The standard InChI is InChI=1S/C11H12Cl/c1-4-9-7-10(12)5-6-11(9)8(2)3/h5-8H,1H2,2-3H3. The third-order valence-electron chi connectivity index (χ3n) is 1.83. The Morgan fingerprint density at radius 2 is 2.08 bits per heavy atom. The van der Waals surface area contributed by atoms with Gasteiger partial charge in [-0.3, -0.25) is 0 Å². The Balaban J connectivity index is 3.20. The molecule has 0 N–H and O–H groups in total. The Hall–Kier alpha value is -0.750. The van der Waals surface area contributed by atoms with Crippen molar-refractivity contribution in [3.8, 4) is 0 Å². The molecule has 0 atom stereocenters. The van der Waals surface area contributed by atoms with E-state index < -0.39 is 0 Å². The highest BCUT2D eigenvalue weighted by atomic mass is 35.5. The normalized spacial score (nSPS) is 10.3. The monoisotopic (exact) mass is 179 g/mol. The summed E-state index contributed by atoms with van der Waals surface area (Å²) in [5.74, 6) is 0.492. The van der Waals surface area contributed by atoms with Crippen molar-refractivity contribution in [3.05, 3.63) is 47.0 Å². The molecule has 0 spiro atoms. The summed E-state index contributed by atoms with van der Waals surface area (Å²) in [5, 5.41) is 0.741. The van der Waals surface area contributed by atoms with Crippen LogP contribution in [-0.2, 0) is 0 Å². The van der Waals surface area contributed by atoms with Gasteiger partial charge in [-0.05, 0) is 35.3 Å². The van der Waals surface area contributed by atoms with Crippen molar-refractivity contribution in [1.82, 2.24) is 0 Å². The van der Waals surface area contributed by atoms with E-state index >= 15 is 0 Å². The Morgan fingerprint density at radius 3 is 2.58 bits per heavy atom. The molecule has 0 fully saturated rings. The number of hydrogen-bond donors (Lipinski definition) is 0. The first kappa shape index (κ1) is 9.34. The van der Waals surface area contributed by atoms with Crippen LogP contribution in [0.25, 0.3) is 0 Å². The SMILES string of the molecule is C=[C]c1cc(Cl)ccc1C(C)C. The molecule has 1 radical (unpaired) electrons. The van der Waals surface area contributed by atoms with Crippen molar-refractivity contribution in [2.24, 2.45) is 0 Å². The van der Waals surface area contributed by atoms with E-state index in [0.29, 0.717) is 5.92 Å². The third-order valence-corrected chi connectivity index (χ3v) is 2.06. The van der Waals surface area contributed by atoms with Crippen molar-refractivity contribution in [2.45, 2.75) is 19.8 Å². The fourth-order valence-electron chi connectivity index (χ4n) is 1.19. The van der Waals surface area contributed by atoms with Gasteiger partial charge in [0.25, 0.3) is 0 Å². The molecule has 0 saturated heterocycles. The summed E-state index contributed by atoms with van der Waals surface area (Å²) in [4.78, 5) is 0. The van der Waals surface area contributed by atoms with Gasteiger partial charge in [0.1, 0.15) is 0 Å². The maximum absolute atomic E-state index is 5.83. The lowest BCUT2D eigenvalue weighted by molar-refractivity contribution is 0.861. The molecule has 0 aromatic heterocycles. The molecule has 0 nitrogen and oxygen atoms in total. The lowest BCUT2D eigenvalue weighted by Crippen LogP contribution is -1.91. The van der Waals surface area contributed by atoms with Crippen LogP contribution in [0, 0.1) is 6.08 Å². The quantitative estimate of drug-likeness (QED) is 0.648. The van der Waals surface area contributed by atoms with Gasteiger partial charge in [0.2, 0.25) is 0 Å². The predicted molar refractivity (Wildman–Crippen MR) is 53.5 cm³/mol. The first-order valence-corrected chi connectivity index (χ1v) is 4.35. The summed E-state index contributed by atoms with van der Waals surface area (Å²) in [6.45, 7) is 7.92. The van der Waals surface area contributed by atoms with E-state index in [1.807, 2.05) is 18.2 Å². The van der Waals surface area contributed by atoms with Crippen LogP contribution in [-0.4, -0.2) is 0 Å². The zero-order chi connectivity index (χ0) is 9.14.